The van der Waals surface area contributed by atoms with Crippen LogP contribution in [0.5, 0.6) is 0 Å². The summed E-state index contributed by atoms with van der Waals surface area (Å²) in [6, 6.07) is 6.51. The van der Waals surface area contributed by atoms with Crippen molar-refractivity contribution in [2.75, 3.05) is 0 Å². The Bertz CT molecular complexity index is 552. The topological polar surface area (TPSA) is 47.3 Å². The Labute approximate surface area is 80.0 Å². The highest BCUT2D eigenvalue weighted by Gasteiger charge is 2.05. The number of fused-ring (bicyclic) bond motifs is 1. The molecule has 0 bridgehead atoms. The zero-order chi connectivity index (χ0) is 10.1. The van der Waals surface area contributed by atoms with E-state index in [4.69, 9.17) is 4.42 Å². The van der Waals surface area contributed by atoms with Crippen LogP contribution in [0.2, 0.25) is 0 Å². The van der Waals surface area contributed by atoms with E-state index in [9.17, 15) is 9.59 Å². The first-order chi connectivity index (χ1) is 6.72. The van der Waals surface area contributed by atoms with Gasteiger partial charge in [0.15, 0.2) is 17.5 Å². The lowest BCUT2D eigenvalue weighted by Crippen LogP contribution is -2.03. The van der Waals surface area contributed by atoms with Crippen LogP contribution in [0.4, 0.5) is 0 Å². The lowest BCUT2D eigenvalue weighted by Gasteiger charge is -1.99. The highest BCUT2D eigenvalue weighted by molar-refractivity contribution is 5.82. The predicted molar refractivity (Wildman–Crippen MR) is 52.6 cm³/mol. The normalized spacial score (nSPS) is 10.4. The summed E-state index contributed by atoms with van der Waals surface area (Å²) in [5, 5.41) is 0.540. The van der Waals surface area contributed by atoms with Crippen LogP contribution >= 0.6 is 0 Å². The standard InChI is InChI=1S/C11H8O3/c1-7-3-2-4-10-11(7)9(13)5-8(6-12)14-10/h2-6H,1H3. The second kappa shape index (κ2) is 3.10. The van der Waals surface area contributed by atoms with Gasteiger partial charge >= 0.3 is 0 Å². The lowest BCUT2D eigenvalue weighted by atomic mass is 10.1. The Morgan fingerprint density at radius 3 is 2.86 bits per heavy atom. The number of aldehydes is 1. The molecule has 3 heteroatoms. The third kappa shape index (κ3) is 1.23. The molecule has 70 valence electrons. The maximum atomic E-state index is 11.6. The molecule has 2 aromatic rings. The van der Waals surface area contributed by atoms with Crippen molar-refractivity contribution >= 4 is 17.3 Å². The van der Waals surface area contributed by atoms with Gasteiger partial charge in [-0.05, 0) is 18.6 Å². The monoisotopic (exact) mass is 188 g/mol. The molecular formula is C11H8O3. The Hall–Kier alpha value is -1.90. The van der Waals surface area contributed by atoms with E-state index in [1.54, 1.807) is 12.1 Å². The molecule has 3 nitrogen and oxygen atoms in total. The number of carbonyl (C=O) groups excluding carboxylic acids is 1. The van der Waals surface area contributed by atoms with Gasteiger partial charge in [-0.2, -0.15) is 0 Å². The summed E-state index contributed by atoms with van der Waals surface area (Å²) in [5.74, 6) is 0.0631. The molecule has 14 heavy (non-hydrogen) atoms. The predicted octanol–water partition coefficient (Wildman–Crippen LogP) is 1.91. The van der Waals surface area contributed by atoms with Gasteiger partial charge in [-0.15, -0.1) is 0 Å². The summed E-state index contributed by atoms with van der Waals surface area (Å²) in [7, 11) is 0. The lowest BCUT2D eigenvalue weighted by molar-refractivity contribution is 0.110. The molecule has 0 atom stereocenters. The molecular weight excluding hydrogens is 180 g/mol. The molecule has 0 aliphatic rings. The number of aryl methyl sites for hydroxylation is 1. The van der Waals surface area contributed by atoms with E-state index in [2.05, 4.69) is 0 Å². The second-order valence-corrected chi connectivity index (χ2v) is 3.08. The highest BCUT2D eigenvalue weighted by atomic mass is 16.3. The largest absolute Gasteiger partial charge is 0.453 e. The molecule has 0 radical (unpaired) electrons. The molecule has 0 saturated carbocycles. The molecule has 0 N–H and O–H groups in total. The zero-order valence-corrected chi connectivity index (χ0v) is 7.61. The molecule has 0 unspecified atom stereocenters. The molecule has 0 aliphatic carbocycles. The molecule has 0 amide bonds. The average Bonchev–Trinajstić information content (AvgIpc) is 2.17. The van der Waals surface area contributed by atoms with Crippen molar-refractivity contribution in [2.45, 2.75) is 6.92 Å². The molecule has 0 aliphatic heterocycles. The van der Waals surface area contributed by atoms with Crippen LogP contribution in [0.3, 0.4) is 0 Å². The minimum Gasteiger partial charge on any atom is -0.453 e. The number of benzene rings is 1. The van der Waals surface area contributed by atoms with E-state index < -0.39 is 0 Å². The van der Waals surface area contributed by atoms with Gasteiger partial charge in [0.25, 0.3) is 0 Å². The quantitative estimate of drug-likeness (QED) is 0.642. The van der Waals surface area contributed by atoms with E-state index in [0.717, 1.165) is 5.56 Å². The van der Waals surface area contributed by atoms with Crippen molar-refractivity contribution in [2.24, 2.45) is 0 Å². The number of rotatable bonds is 1. The minimum absolute atomic E-state index is 0.0631. The van der Waals surface area contributed by atoms with Gasteiger partial charge in [-0.25, -0.2) is 0 Å². The average molecular weight is 188 g/mol. The van der Waals surface area contributed by atoms with Crippen molar-refractivity contribution in [1.29, 1.82) is 0 Å². The first-order valence-electron chi connectivity index (χ1n) is 4.21. The van der Waals surface area contributed by atoms with Gasteiger partial charge in [0, 0.05) is 6.07 Å². The summed E-state index contributed by atoms with van der Waals surface area (Å²) >= 11 is 0. The first kappa shape index (κ1) is 8.69. The molecule has 0 fully saturated rings. The fraction of sp³-hybridized carbons (Fsp3) is 0.0909. The van der Waals surface area contributed by atoms with E-state index in [1.165, 1.54) is 6.07 Å². The third-order valence-electron chi connectivity index (χ3n) is 2.10. The van der Waals surface area contributed by atoms with Gasteiger partial charge in [-0.1, -0.05) is 12.1 Å². The van der Waals surface area contributed by atoms with Crippen molar-refractivity contribution in [1.82, 2.24) is 0 Å². The zero-order valence-electron chi connectivity index (χ0n) is 7.61. The Morgan fingerprint density at radius 1 is 1.36 bits per heavy atom. The van der Waals surface area contributed by atoms with Crippen LogP contribution in [0.25, 0.3) is 11.0 Å². The van der Waals surface area contributed by atoms with Crippen molar-refractivity contribution < 1.29 is 9.21 Å². The first-order valence-corrected chi connectivity index (χ1v) is 4.21. The van der Waals surface area contributed by atoms with Crippen molar-refractivity contribution in [3.05, 3.63) is 45.8 Å². The second-order valence-electron chi connectivity index (χ2n) is 3.08. The fourth-order valence-corrected chi connectivity index (χ4v) is 1.46. The van der Waals surface area contributed by atoms with Crippen molar-refractivity contribution in [3.63, 3.8) is 0 Å². The Morgan fingerprint density at radius 2 is 2.14 bits per heavy atom. The van der Waals surface area contributed by atoms with E-state index in [1.807, 2.05) is 13.0 Å². The van der Waals surface area contributed by atoms with E-state index in [0.29, 0.717) is 17.3 Å². The van der Waals surface area contributed by atoms with Crippen LogP contribution in [0, 0.1) is 6.92 Å². The maximum absolute atomic E-state index is 11.6. The SMILES string of the molecule is Cc1cccc2oc(C=O)cc(=O)c12. The van der Waals surface area contributed by atoms with Crippen LogP contribution in [0.15, 0.2) is 33.5 Å². The fourth-order valence-electron chi connectivity index (χ4n) is 1.46. The van der Waals surface area contributed by atoms with E-state index in [-0.39, 0.29) is 11.2 Å². The summed E-state index contributed by atoms with van der Waals surface area (Å²) in [4.78, 5) is 22.0. The molecule has 1 heterocycles. The molecule has 1 aromatic heterocycles. The van der Waals surface area contributed by atoms with Crippen molar-refractivity contribution in [3.8, 4) is 0 Å². The van der Waals surface area contributed by atoms with Gasteiger partial charge in [0.1, 0.15) is 5.58 Å². The van der Waals surface area contributed by atoms with Gasteiger partial charge in [0.05, 0.1) is 5.39 Å². The highest BCUT2D eigenvalue weighted by Crippen LogP contribution is 2.14. The minimum atomic E-state index is -0.175. The smallest absolute Gasteiger partial charge is 0.193 e. The van der Waals surface area contributed by atoms with Gasteiger partial charge in [0.2, 0.25) is 0 Å². The van der Waals surface area contributed by atoms with Gasteiger partial charge < -0.3 is 4.42 Å². The summed E-state index contributed by atoms with van der Waals surface area (Å²) in [6.07, 6.45) is 0.531. The molecule has 2 rings (SSSR count). The summed E-state index contributed by atoms with van der Waals surface area (Å²) in [6.45, 7) is 1.83. The number of hydrogen-bond donors (Lipinski definition) is 0. The van der Waals surface area contributed by atoms with Crippen LogP contribution in [-0.2, 0) is 0 Å². The molecule has 0 saturated heterocycles. The maximum Gasteiger partial charge on any atom is 0.193 e. The third-order valence-corrected chi connectivity index (χ3v) is 2.10. The number of hydrogen-bond acceptors (Lipinski definition) is 3. The summed E-state index contributed by atoms with van der Waals surface area (Å²) in [5.41, 5.74) is 1.14. The van der Waals surface area contributed by atoms with E-state index >= 15 is 0 Å². The van der Waals surface area contributed by atoms with Gasteiger partial charge in [-0.3, -0.25) is 9.59 Å². The van der Waals surface area contributed by atoms with Crippen LogP contribution < -0.4 is 5.43 Å². The summed E-state index contributed by atoms with van der Waals surface area (Å²) < 4.78 is 5.20. The number of carbonyl (C=O) groups is 1. The molecule has 1 aromatic carbocycles. The van der Waals surface area contributed by atoms with Crippen LogP contribution in [0.1, 0.15) is 16.1 Å². The Balaban J connectivity index is 2.97. The van der Waals surface area contributed by atoms with Crippen LogP contribution in [-0.4, -0.2) is 6.29 Å². The Kier molecular flexibility index (Phi) is 1.93. The molecule has 0 spiro atoms.